The van der Waals surface area contributed by atoms with Gasteiger partial charge in [0.05, 0.1) is 6.61 Å². The van der Waals surface area contributed by atoms with Gasteiger partial charge in [-0.15, -0.1) is 0 Å². The van der Waals surface area contributed by atoms with Crippen LogP contribution in [0.2, 0.25) is 0 Å². The molecule has 0 aliphatic heterocycles. The molecule has 23 heavy (non-hydrogen) atoms. The summed E-state index contributed by atoms with van der Waals surface area (Å²) in [5, 5.41) is 0. The van der Waals surface area contributed by atoms with Gasteiger partial charge in [0.25, 0.3) is 0 Å². The Labute approximate surface area is 200 Å². The van der Waals surface area contributed by atoms with E-state index < -0.39 is 0 Å². The summed E-state index contributed by atoms with van der Waals surface area (Å²) in [6.07, 6.45) is 22.3. The van der Waals surface area contributed by atoms with Gasteiger partial charge in [0, 0.05) is 0 Å². The predicted octanol–water partition coefficient (Wildman–Crippen LogP) is 4.60. The summed E-state index contributed by atoms with van der Waals surface area (Å²) < 4.78 is 5.53. The van der Waals surface area contributed by atoms with E-state index in [4.69, 9.17) is 17.0 Å². The molecule has 0 heterocycles. The Morgan fingerprint density at radius 2 is 1.00 bits per heavy atom. The van der Waals surface area contributed by atoms with E-state index in [1.54, 1.807) is 0 Å². The third kappa shape index (κ3) is 26.2. The number of ether oxygens (including phenoxy) is 1. The van der Waals surface area contributed by atoms with E-state index in [1.807, 2.05) is 0 Å². The molecule has 1 nitrogen and oxygen atoms in total. The van der Waals surface area contributed by atoms with Crippen molar-refractivity contribution in [3.63, 3.8) is 0 Å². The summed E-state index contributed by atoms with van der Waals surface area (Å²) in [6.45, 7) is 3.02. The largest absolute Gasteiger partial charge is 1.00 e. The maximum Gasteiger partial charge on any atom is 1.00 e. The smallest absolute Gasteiger partial charge is 1.00 e. The summed E-state index contributed by atoms with van der Waals surface area (Å²) in [5.41, 5.74) is 0. The van der Waals surface area contributed by atoms with Crippen LogP contribution in [0.3, 0.4) is 0 Å². The molecule has 0 aromatic heterocycles. The molecule has 0 amide bonds. The van der Waals surface area contributed by atoms with Crippen molar-refractivity contribution >= 4 is 29.2 Å². The van der Waals surface area contributed by atoms with Crippen LogP contribution in [0, 0.1) is 0 Å². The molecule has 0 aliphatic rings. The van der Waals surface area contributed by atoms with Crippen LogP contribution in [0.15, 0.2) is 0 Å². The zero-order valence-corrected chi connectivity index (χ0v) is 20.6. The number of unbranched alkanes of at least 4 members (excludes halogenated alkanes) is 15. The molecule has 4 heteroatoms. The first-order chi connectivity index (χ1) is 10.8. The van der Waals surface area contributed by atoms with Gasteiger partial charge in [0.2, 0.25) is 4.38 Å². The molecule has 0 spiro atoms. The molecular formula is C19H39KOS2. The van der Waals surface area contributed by atoms with Crippen LogP contribution in [0.1, 0.15) is 111 Å². The van der Waals surface area contributed by atoms with Crippen molar-refractivity contribution in [1.29, 1.82) is 0 Å². The SMILES string of the molecule is CCCCCCCCCCCCCCCCCCOC(=S)S.[H-].[K+]. The summed E-state index contributed by atoms with van der Waals surface area (Å²) in [7, 11) is 0. The molecule has 0 atom stereocenters. The third-order valence-electron chi connectivity index (χ3n) is 4.22. The first-order valence-corrected chi connectivity index (χ1v) is 10.5. The molecule has 0 aromatic carbocycles. The first kappa shape index (κ1) is 27.1. The molecule has 0 N–H and O–H groups in total. The van der Waals surface area contributed by atoms with Crippen LogP contribution in [-0.2, 0) is 4.74 Å². The number of hydrogen-bond acceptors (Lipinski definition) is 2. The number of hydrogen-bond donors (Lipinski definition) is 1. The summed E-state index contributed by atoms with van der Waals surface area (Å²) in [6, 6.07) is 0. The van der Waals surface area contributed by atoms with Gasteiger partial charge < -0.3 is 6.16 Å². The van der Waals surface area contributed by atoms with Gasteiger partial charge in [0.1, 0.15) is 0 Å². The van der Waals surface area contributed by atoms with Crippen LogP contribution < -0.4 is 51.4 Å². The van der Waals surface area contributed by atoms with E-state index in [0.29, 0.717) is 4.38 Å². The second-order valence-corrected chi connectivity index (χ2v) is 7.50. The zero-order chi connectivity index (χ0) is 16.3. The second-order valence-electron chi connectivity index (χ2n) is 6.42. The molecule has 0 unspecified atom stereocenters. The van der Waals surface area contributed by atoms with Gasteiger partial charge in [-0.3, -0.25) is 0 Å². The monoisotopic (exact) mass is 386 g/mol. The summed E-state index contributed by atoms with van der Waals surface area (Å²) in [5.74, 6) is 0. The Balaban J connectivity index is -0.00000220. The second kappa shape index (κ2) is 23.9. The van der Waals surface area contributed by atoms with E-state index in [9.17, 15) is 0 Å². The predicted molar refractivity (Wildman–Crippen MR) is 108 cm³/mol. The molecule has 0 radical (unpaired) electrons. The van der Waals surface area contributed by atoms with Crippen molar-refractivity contribution in [2.75, 3.05) is 6.61 Å². The van der Waals surface area contributed by atoms with Crippen LogP contribution in [0.25, 0.3) is 0 Å². The standard InChI is InChI=1S/C19H38OS2.K.H/c1-2-3-4-5-6-7-8-9-10-11-12-13-14-15-16-17-18-20-19(21)22;;/h2-18H2,1H3,(H,21,22);;/q;+1;-1. The fourth-order valence-corrected chi connectivity index (χ4v) is 2.98. The number of rotatable bonds is 17. The van der Waals surface area contributed by atoms with Crippen molar-refractivity contribution in [2.24, 2.45) is 0 Å². The van der Waals surface area contributed by atoms with Crippen LogP contribution in [0.5, 0.6) is 0 Å². The number of thiol groups is 1. The maximum atomic E-state index is 5.16. The zero-order valence-electron chi connectivity index (χ0n) is 16.8. The minimum atomic E-state index is 0. The average molecular weight is 387 g/mol. The Morgan fingerprint density at radius 3 is 1.30 bits per heavy atom. The minimum Gasteiger partial charge on any atom is -1.00 e. The Morgan fingerprint density at radius 1 is 0.696 bits per heavy atom. The van der Waals surface area contributed by atoms with E-state index in [0.717, 1.165) is 13.0 Å². The van der Waals surface area contributed by atoms with E-state index in [2.05, 4.69) is 19.6 Å². The van der Waals surface area contributed by atoms with Crippen LogP contribution in [0.4, 0.5) is 0 Å². The molecule has 0 saturated heterocycles. The molecule has 0 aliphatic carbocycles. The van der Waals surface area contributed by atoms with Gasteiger partial charge in [-0.05, 0) is 18.6 Å². The van der Waals surface area contributed by atoms with Crippen LogP contribution >= 0.6 is 24.8 Å². The van der Waals surface area contributed by atoms with Crippen molar-refractivity contribution in [3.8, 4) is 0 Å². The van der Waals surface area contributed by atoms with Crippen LogP contribution in [-0.4, -0.2) is 11.0 Å². The Hall–Kier alpha value is 1.88. The molecule has 0 rings (SSSR count). The fourth-order valence-electron chi connectivity index (χ4n) is 2.81. The summed E-state index contributed by atoms with van der Waals surface area (Å²) >= 11 is 8.69. The van der Waals surface area contributed by atoms with Gasteiger partial charge in [-0.25, -0.2) is 0 Å². The van der Waals surface area contributed by atoms with Crippen molar-refractivity contribution in [2.45, 2.75) is 110 Å². The van der Waals surface area contributed by atoms with Gasteiger partial charge in [-0.1, -0.05) is 116 Å². The quantitative estimate of drug-likeness (QED) is 0.169. The molecular weight excluding hydrogens is 347 g/mol. The van der Waals surface area contributed by atoms with Crippen molar-refractivity contribution in [3.05, 3.63) is 0 Å². The minimum absolute atomic E-state index is 0. The Bertz CT molecular complexity index is 243. The Kier molecular flexibility index (Phi) is 28.1. The van der Waals surface area contributed by atoms with Crippen molar-refractivity contribution < 1.29 is 57.5 Å². The van der Waals surface area contributed by atoms with E-state index in [1.165, 1.54) is 96.3 Å². The van der Waals surface area contributed by atoms with Gasteiger partial charge >= 0.3 is 51.4 Å². The topological polar surface area (TPSA) is 9.23 Å². The van der Waals surface area contributed by atoms with E-state index >= 15 is 0 Å². The molecule has 0 aromatic rings. The molecule has 0 fully saturated rings. The van der Waals surface area contributed by atoms with Gasteiger partial charge in [-0.2, -0.15) is 0 Å². The van der Waals surface area contributed by atoms with E-state index in [-0.39, 0.29) is 52.8 Å². The third-order valence-corrected chi connectivity index (χ3v) is 4.47. The number of thiocarbonyl (C=S) groups is 1. The van der Waals surface area contributed by atoms with Gasteiger partial charge in [0.15, 0.2) is 0 Å². The first-order valence-electron chi connectivity index (χ1n) is 9.63. The molecule has 0 saturated carbocycles. The summed E-state index contributed by atoms with van der Waals surface area (Å²) in [4.78, 5) is 0. The molecule has 134 valence electrons. The normalized spacial score (nSPS) is 10.3. The van der Waals surface area contributed by atoms with Crippen molar-refractivity contribution in [1.82, 2.24) is 0 Å². The average Bonchev–Trinajstić information content (AvgIpc) is 2.50. The molecule has 0 bridgehead atoms. The maximum absolute atomic E-state index is 5.16. The fraction of sp³-hybridized carbons (Fsp3) is 0.947.